The van der Waals surface area contributed by atoms with Crippen LogP contribution in [0.3, 0.4) is 0 Å². The van der Waals surface area contributed by atoms with E-state index in [9.17, 15) is 14.4 Å². The predicted octanol–water partition coefficient (Wildman–Crippen LogP) is 4.70. The lowest BCUT2D eigenvalue weighted by Gasteiger charge is -2.47. The summed E-state index contributed by atoms with van der Waals surface area (Å²) in [5.41, 5.74) is 8.14. The highest BCUT2D eigenvalue weighted by molar-refractivity contribution is 6.01. The van der Waals surface area contributed by atoms with Gasteiger partial charge in [0, 0.05) is 63.5 Å². The summed E-state index contributed by atoms with van der Waals surface area (Å²) in [5.74, 6) is -0.120. The van der Waals surface area contributed by atoms with E-state index >= 15 is 0 Å². The zero-order valence-corrected chi connectivity index (χ0v) is 30.2. The van der Waals surface area contributed by atoms with Gasteiger partial charge in [-0.05, 0) is 118 Å². The highest BCUT2D eigenvalue weighted by Crippen LogP contribution is 2.43. The normalized spacial score (nSPS) is 24.7. The number of aromatic nitrogens is 2. The van der Waals surface area contributed by atoms with Crippen LogP contribution in [-0.4, -0.2) is 83.8 Å². The number of likely N-dealkylation sites (N-methyl/N-ethyl adjacent to an activating group) is 1. The van der Waals surface area contributed by atoms with Crippen molar-refractivity contribution >= 4 is 23.2 Å². The average Bonchev–Trinajstić information content (AvgIpc) is 3.10. The number of nitrogens with one attached hydrogen (secondary N) is 2. The Morgan fingerprint density at radius 1 is 0.920 bits per heavy atom. The van der Waals surface area contributed by atoms with Crippen molar-refractivity contribution < 1.29 is 9.59 Å². The minimum Gasteiger partial charge on any atom is -0.379 e. The summed E-state index contributed by atoms with van der Waals surface area (Å²) in [7, 11) is 3.87. The van der Waals surface area contributed by atoms with Crippen LogP contribution in [0.2, 0.25) is 0 Å². The Morgan fingerprint density at radius 3 is 2.34 bits per heavy atom. The molecular formula is C40H53N7O3. The fourth-order valence-electron chi connectivity index (χ4n) is 9.00. The summed E-state index contributed by atoms with van der Waals surface area (Å²) in [6.45, 7) is 11.4. The first-order valence-electron chi connectivity index (χ1n) is 18.5. The van der Waals surface area contributed by atoms with Gasteiger partial charge in [-0.25, -0.2) is 4.68 Å². The molecule has 5 heterocycles. The van der Waals surface area contributed by atoms with E-state index in [2.05, 4.69) is 86.9 Å². The third-order valence-electron chi connectivity index (χ3n) is 12.2. The van der Waals surface area contributed by atoms with Gasteiger partial charge in [0.05, 0.1) is 17.8 Å². The first kappa shape index (κ1) is 34.4. The third-order valence-corrected chi connectivity index (χ3v) is 12.2. The fourth-order valence-corrected chi connectivity index (χ4v) is 9.00. The minimum atomic E-state index is -0.230. The van der Waals surface area contributed by atoms with Crippen LogP contribution < -0.4 is 21.1 Å². The molecule has 266 valence electrons. The molecule has 0 aliphatic carbocycles. The molecule has 4 aliphatic rings. The summed E-state index contributed by atoms with van der Waals surface area (Å²) in [6.07, 6.45) is 8.78. The third kappa shape index (κ3) is 7.37. The van der Waals surface area contributed by atoms with Gasteiger partial charge in [-0.15, -0.1) is 0 Å². The number of likely N-dealkylation sites (tertiary alicyclic amines) is 2. The van der Waals surface area contributed by atoms with E-state index in [1.54, 1.807) is 13.2 Å². The number of nitrogens with zero attached hydrogens (tertiary/aromatic N) is 5. The minimum absolute atomic E-state index is 0.0525. The maximum absolute atomic E-state index is 12.4. The van der Waals surface area contributed by atoms with E-state index in [-0.39, 0.29) is 29.3 Å². The summed E-state index contributed by atoms with van der Waals surface area (Å²) in [6, 6.07) is 16.1. The highest BCUT2D eigenvalue weighted by Gasteiger charge is 2.38. The van der Waals surface area contributed by atoms with Crippen molar-refractivity contribution in [1.29, 1.82) is 0 Å². The molecule has 3 atom stereocenters. The molecule has 10 nitrogen and oxygen atoms in total. The number of carbonyl (C=O) groups excluding carboxylic acids is 2. The van der Waals surface area contributed by atoms with Gasteiger partial charge >= 0.3 is 0 Å². The Hall–Kier alpha value is -4.02. The summed E-state index contributed by atoms with van der Waals surface area (Å²) in [5, 5.41) is 10.3. The van der Waals surface area contributed by atoms with Gasteiger partial charge in [0.1, 0.15) is 0 Å². The molecule has 1 aromatic heterocycles. The quantitative estimate of drug-likeness (QED) is 0.347. The Morgan fingerprint density at radius 2 is 1.64 bits per heavy atom. The van der Waals surface area contributed by atoms with Crippen molar-refractivity contribution in [3.8, 4) is 0 Å². The van der Waals surface area contributed by atoms with Crippen LogP contribution >= 0.6 is 0 Å². The molecule has 4 fully saturated rings. The maximum atomic E-state index is 12.4. The van der Waals surface area contributed by atoms with Gasteiger partial charge in [-0.1, -0.05) is 30.3 Å². The Bertz CT molecular complexity index is 1770. The molecule has 2 N–H and O–H groups in total. The van der Waals surface area contributed by atoms with Gasteiger partial charge in [0.2, 0.25) is 11.8 Å². The van der Waals surface area contributed by atoms with E-state index in [0.29, 0.717) is 24.2 Å². The Balaban J connectivity index is 0.888. The molecule has 10 heteroatoms. The van der Waals surface area contributed by atoms with Crippen LogP contribution in [0.15, 0.2) is 53.5 Å². The molecule has 4 aliphatic heterocycles. The number of aryl methyl sites for hydroxylation is 2. The number of hydrogen-bond acceptors (Lipinski definition) is 8. The van der Waals surface area contributed by atoms with E-state index in [1.807, 2.05) is 6.92 Å². The lowest BCUT2D eigenvalue weighted by molar-refractivity contribution is -0.134. The van der Waals surface area contributed by atoms with Gasteiger partial charge in [0.25, 0.3) is 5.56 Å². The molecule has 1 spiro atoms. The summed E-state index contributed by atoms with van der Waals surface area (Å²) >= 11 is 0. The molecule has 0 radical (unpaired) electrons. The Labute approximate surface area is 296 Å². The smallest absolute Gasteiger partial charge is 0.271 e. The van der Waals surface area contributed by atoms with Crippen LogP contribution in [0.1, 0.15) is 84.6 Å². The van der Waals surface area contributed by atoms with E-state index in [4.69, 9.17) is 0 Å². The van der Waals surface area contributed by atoms with Crippen molar-refractivity contribution in [2.24, 2.45) is 12.5 Å². The van der Waals surface area contributed by atoms with Gasteiger partial charge in [0.15, 0.2) is 0 Å². The molecule has 0 saturated carbocycles. The van der Waals surface area contributed by atoms with Crippen LogP contribution in [0.25, 0.3) is 0 Å². The number of hydrogen-bond donors (Lipinski definition) is 2. The lowest BCUT2D eigenvalue weighted by Crippen LogP contribution is -2.46. The van der Waals surface area contributed by atoms with Gasteiger partial charge in [-0.3, -0.25) is 24.6 Å². The second-order valence-corrected chi connectivity index (χ2v) is 15.7. The van der Waals surface area contributed by atoms with Crippen molar-refractivity contribution in [3.63, 3.8) is 0 Å². The molecule has 4 saturated heterocycles. The van der Waals surface area contributed by atoms with Crippen molar-refractivity contribution in [1.82, 2.24) is 24.9 Å². The van der Waals surface area contributed by atoms with Crippen LogP contribution in [0.4, 0.5) is 11.4 Å². The van der Waals surface area contributed by atoms with E-state index < -0.39 is 0 Å². The molecule has 2 amide bonds. The topological polar surface area (TPSA) is 103 Å². The van der Waals surface area contributed by atoms with Crippen molar-refractivity contribution in [2.75, 3.05) is 56.5 Å². The SMILES string of the molecule is Cc1cc(N2CCC3(CCN(Cc4ccc([C@@H]5C[C@H](Nc6cnn(C)c(=O)c6C)CN(C)C5)cc4)CC3)CC2)ccc1C1CCC(=O)NC1=O. The maximum Gasteiger partial charge on any atom is 0.271 e. The second kappa shape index (κ2) is 14.3. The summed E-state index contributed by atoms with van der Waals surface area (Å²) < 4.78 is 1.39. The number of imide groups is 1. The zero-order valence-electron chi connectivity index (χ0n) is 30.2. The molecule has 3 aromatic rings. The molecule has 50 heavy (non-hydrogen) atoms. The van der Waals surface area contributed by atoms with Crippen LogP contribution in [-0.2, 0) is 23.2 Å². The number of piperidine rings is 4. The van der Waals surface area contributed by atoms with Crippen molar-refractivity contribution in [3.05, 3.63) is 86.8 Å². The second-order valence-electron chi connectivity index (χ2n) is 15.7. The number of anilines is 2. The number of carbonyl (C=O) groups is 2. The standard InChI is InChI=1S/C40H53N7O3/c1-27-21-33(9-10-34(27)35-11-12-37(48)43-38(35)49)47-19-15-40(16-20-47)13-17-46(18-14-40)24-29-5-7-30(8-6-29)31-22-32(26-44(3)25-31)42-36-23-41-45(4)39(50)28(36)2/h5-10,21,23,31-32,35,42H,11-20,22,24-26H2,1-4H3,(H,43,48,49)/t31-,32+,35?/m1/s1. The first-order valence-corrected chi connectivity index (χ1v) is 18.5. The molecular weight excluding hydrogens is 626 g/mol. The van der Waals surface area contributed by atoms with Crippen molar-refractivity contribution in [2.45, 2.75) is 83.2 Å². The zero-order chi connectivity index (χ0) is 35.0. The van der Waals surface area contributed by atoms with Gasteiger partial charge in [-0.2, -0.15) is 5.10 Å². The van der Waals surface area contributed by atoms with Crippen LogP contribution in [0, 0.1) is 19.3 Å². The number of benzene rings is 2. The monoisotopic (exact) mass is 679 g/mol. The largest absolute Gasteiger partial charge is 0.379 e. The lowest BCUT2D eigenvalue weighted by atomic mass is 9.71. The number of amides is 2. The predicted molar refractivity (Wildman–Crippen MR) is 198 cm³/mol. The average molecular weight is 680 g/mol. The molecule has 1 unspecified atom stereocenters. The highest BCUT2D eigenvalue weighted by atomic mass is 16.2. The van der Waals surface area contributed by atoms with E-state index in [1.165, 1.54) is 47.2 Å². The van der Waals surface area contributed by atoms with Gasteiger partial charge < -0.3 is 15.1 Å². The number of rotatable bonds is 7. The first-order chi connectivity index (χ1) is 24.1. The molecule has 2 aromatic carbocycles. The van der Waals surface area contributed by atoms with E-state index in [0.717, 1.165) is 74.6 Å². The Kier molecular flexibility index (Phi) is 9.85. The van der Waals surface area contributed by atoms with Crippen LogP contribution in [0.5, 0.6) is 0 Å². The fraction of sp³-hybridized carbons (Fsp3) is 0.550. The molecule has 7 rings (SSSR count). The summed E-state index contributed by atoms with van der Waals surface area (Å²) in [4.78, 5) is 44.0. The molecule has 0 bridgehead atoms.